The first-order chi connectivity index (χ1) is 13.7. The van der Waals surface area contributed by atoms with Crippen LogP contribution in [-0.2, 0) is 4.74 Å². The third-order valence-electron chi connectivity index (χ3n) is 4.72. The van der Waals surface area contributed by atoms with Gasteiger partial charge in [-0.25, -0.2) is 4.99 Å². The lowest BCUT2D eigenvalue weighted by molar-refractivity contribution is 0.0947. The molecule has 1 aliphatic heterocycles. The van der Waals surface area contributed by atoms with Crippen LogP contribution in [0.15, 0.2) is 47.6 Å². The number of methoxy groups -OCH3 is 3. The number of nitrogens with one attached hydrogen (secondary N) is 1. The van der Waals surface area contributed by atoms with E-state index in [2.05, 4.69) is 9.98 Å². The van der Waals surface area contributed by atoms with Crippen molar-refractivity contribution >= 4 is 22.6 Å². The molecule has 1 atom stereocenters. The average molecular weight is 380 g/mol. The normalized spacial score (nSPS) is 15.8. The van der Waals surface area contributed by atoms with Gasteiger partial charge in [0.2, 0.25) is 11.6 Å². The van der Waals surface area contributed by atoms with Crippen LogP contribution in [0.25, 0.3) is 10.9 Å². The monoisotopic (exact) mass is 380 g/mol. The van der Waals surface area contributed by atoms with E-state index in [4.69, 9.17) is 18.9 Å². The Hall–Kier alpha value is -3.48. The van der Waals surface area contributed by atoms with Gasteiger partial charge < -0.3 is 23.9 Å². The minimum absolute atomic E-state index is 0.172. The molecule has 0 radical (unpaired) electrons. The zero-order chi connectivity index (χ0) is 19.7. The van der Waals surface area contributed by atoms with Gasteiger partial charge in [0, 0.05) is 22.7 Å². The number of hydrogen-bond acceptors (Lipinski definition) is 6. The zero-order valence-electron chi connectivity index (χ0n) is 15.8. The number of carbonyl (C=O) groups excluding carboxylic acids is 1. The van der Waals surface area contributed by atoms with E-state index in [1.807, 2.05) is 30.5 Å². The van der Waals surface area contributed by atoms with Gasteiger partial charge in [-0.05, 0) is 18.2 Å². The van der Waals surface area contributed by atoms with Gasteiger partial charge in [-0.2, -0.15) is 0 Å². The van der Waals surface area contributed by atoms with E-state index in [1.165, 1.54) is 21.3 Å². The summed E-state index contributed by atoms with van der Waals surface area (Å²) in [5.74, 6) is 1.57. The molecule has 1 aliphatic rings. The maximum Gasteiger partial charge on any atom is 0.219 e. The van der Waals surface area contributed by atoms with Crippen LogP contribution in [0, 0.1) is 0 Å². The highest BCUT2D eigenvalue weighted by molar-refractivity contribution is 6.10. The lowest BCUT2D eigenvalue weighted by atomic mass is 10.0. The number of H-pyrrole nitrogens is 1. The summed E-state index contributed by atoms with van der Waals surface area (Å²) in [5.41, 5.74) is 2.26. The minimum atomic E-state index is -0.633. The van der Waals surface area contributed by atoms with Gasteiger partial charge >= 0.3 is 0 Å². The number of hydrogen-bond donors (Lipinski definition) is 1. The second-order valence-electron chi connectivity index (χ2n) is 6.29. The first kappa shape index (κ1) is 17.9. The van der Waals surface area contributed by atoms with E-state index in [0.29, 0.717) is 28.7 Å². The van der Waals surface area contributed by atoms with Gasteiger partial charge in [-0.1, -0.05) is 18.2 Å². The van der Waals surface area contributed by atoms with Crippen molar-refractivity contribution in [3.63, 3.8) is 0 Å². The lowest BCUT2D eigenvalue weighted by Gasteiger charge is -2.14. The molecule has 2 heterocycles. The first-order valence-electron chi connectivity index (χ1n) is 8.77. The number of ether oxygens (including phenoxy) is 4. The fraction of sp³-hybridized carbons (Fsp3) is 0.238. The van der Waals surface area contributed by atoms with Gasteiger partial charge in [0.15, 0.2) is 23.3 Å². The van der Waals surface area contributed by atoms with Crippen LogP contribution in [0.3, 0.4) is 0 Å². The molecule has 1 N–H and O–H groups in total. The van der Waals surface area contributed by atoms with Gasteiger partial charge in [0.1, 0.15) is 6.61 Å². The summed E-state index contributed by atoms with van der Waals surface area (Å²) < 4.78 is 21.7. The van der Waals surface area contributed by atoms with Crippen molar-refractivity contribution in [1.29, 1.82) is 0 Å². The summed E-state index contributed by atoms with van der Waals surface area (Å²) >= 11 is 0. The van der Waals surface area contributed by atoms with Crippen LogP contribution in [0.4, 0.5) is 0 Å². The van der Waals surface area contributed by atoms with Crippen molar-refractivity contribution in [3.8, 4) is 17.2 Å². The molecular weight excluding hydrogens is 360 g/mol. The van der Waals surface area contributed by atoms with Crippen molar-refractivity contribution < 1.29 is 23.7 Å². The van der Waals surface area contributed by atoms with Crippen LogP contribution < -0.4 is 14.2 Å². The Kier molecular flexibility index (Phi) is 4.65. The second-order valence-corrected chi connectivity index (χ2v) is 6.29. The second kappa shape index (κ2) is 7.26. The highest BCUT2D eigenvalue weighted by Crippen LogP contribution is 2.38. The molecule has 0 fully saturated rings. The number of carbonyl (C=O) groups is 1. The molecular formula is C21H20N2O5. The fourth-order valence-corrected chi connectivity index (χ4v) is 3.32. The molecule has 0 amide bonds. The van der Waals surface area contributed by atoms with E-state index < -0.39 is 6.04 Å². The summed E-state index contributed by atoms with van der Waals surface area (Å²) in [6.45, 7) is 0.185. The van der Waals surface area contributed by atoms with Crippen molar-refractivity contribution in [2.24, 2.45) is 4.99 Å². The Bertz CT molecular complexity index is 1040. The average Bonchev–Trinajstić information content (AvgIpc) is 3.38. The third-order valence-corrected chi connectivity index (χ3v) is 4.72. The van der Waals surface area contributed by atoms with E-state index in [1.54, 1.807) is 12.1 Å². The first-order valence-corrected chi connectivity index (χ1v) is 8.77. The van der Waals surface area contributed by atoms with Gasteiger partial charge in [0.25, 0.3) is 0 Å². The molecule has 7 heteroatoms. The number of benzene rings is 2. The number of aromatic nitrogens is 1. The van der Waals surface area contributed by atoms with Crippen molar-refractivity contribution in [2.45, 2.75) is 6.04 Å². The Labute approximate surface area is 161 Å². The largest absolute Gasteiger partial charge is 0.493 e. The standard InChI is InChI=1S/C21H20N2O5/c1-25-17-8-12(9-18(26-2)20(17)27-3)19(24)16-11-28-21(23-16)14-10-22-15-7-5-4-6-13(14)15/h4-10,16,22H,11H2,1-3H3. The fourth-order valence-electron chi connectivity index (χ4n) is 3.32. The number of nitrogens with zero attached hydrogens (tertiary/aromatic N) is 1. The molecule has 28 heavy (non-hydrogen) atoms. The van der Waals surface area contributed by atoms with Gasteiger partial charge in [-0.3, -0.25) is 4.79 Å². The molecule has 144 valence electrons. The van der Waals surface area contributed by atoms with Crippen molar-refractivity contribution in [2.75, 3.05) is 27.9 Å². The molecule has 2 aromatic carbocycles. The molecule has 4 rings (SSSR count). The Morgan fingerprint density at radius 2 is 1.82 bits per heavy atom. The number of rotatable bonds is 6. The molecule has 0 bridgehead atoms. The Morgan fingerprint density at radius 3 is 2.50 bits per heavy atom. The van der Waals surface area contributed by atoms with Gasteiger partial charge in [0.05, 0.1) is 26.9 Å². The maximum absolute atomic E-state index is 13.0. The van der Waals surface area contributed by atoms with Crippen LogP contribution in [0.1, 0.15) is 15.9 Å². The third kappa shape index (κ3) is 2.94. The number of ketones is 1. The highest BCUT2D eigenvalue weighted by Gasteiger charge is 2.30. The topological polar surface area (TPSA) is 82.1 Å². The number of Topliss-reactive ketones (excluding diaryl/α,β-unsaturated/α-hetero) is 1. The summed E-state index contributed by atoms with van der Waals surface area (Å²) in [5, 5.41) is 1.00. The molecule has 0 saturated carbocycles. The van der Waals surface area contributed by atoms with E-state index >= 15 is 0 Å². The molecule has 1 unspecified atom stereocenters. The summed E-state index contributed by atoms with van der Waals surface area (Å²) in [4.78, 5) is 20.7. The molecule has 0 spiro atoms. The minimum Gasteiger partial charge on any atom is -0.493 e. The quantitative estimate of drug-likeness (QED) is 0.664. The summed E-state index contributed by atoms with van der Waals surface area (Å²) in [7, 11) is 4.54. The number of aromatic amines is 1. The molecule has 1 aromatic heterocycles. The Morgan fingerprint density at radius 1 is 1.11 bits per heavy atom. The van der Waals surface area contributed by atoms with E-state index in [-0.39, 0.29) is 12.4 Å². The number of para-hydroxylation sites is 1. The Balaban J connectivity index is 1.66. The van der Waals surface area contributed by atoms with Crippen molar-refractivity contribution in [1.82, 2.24) is 4.98 Å². The maximum atomic E-state index is 13.0. The van der Waals surface area contributed by atoms with E-state index in [9.17, 15) is 4.79 Å². The summed E-state index contributed by atoms with van der Waals surface area (Å²) in [6, 6.07) is 10.5. The van der Waals surface area contributed by atoms with Crippen molar-refractivity contribution in [3.05, 3.63) is 53.7 Å². The molecule has 0 aliphatic carbocycles. The summed E-state index contributed by atoms with van der Waals surface area (Å²) in [6.07, 6.45) is 1.84. The highest BCUT2D eigenvalue weighted by atomic mass is 16.5. The number of fused-ring (bicyclic) bond motifs is 1. The SMILES string of the molecule is COc1cc(C(=O)C2COC(c3c[nH]c4ccccc34)=N2)cc(OC)c1OC. The van der Waals surface area contributed by atoms with Crippen LogP contribution in [-0.4, -0.2) is 50.6 Å². The number of aliphatic imine (C=N–C) groups is 1. The lowest BCUT2D eigenvalue weighted by Crippen LogP contribution is -2.20. The predicted molar refractivity (Wildman–Crippen MR) is 105 cm³/mol. The predicted octanol–water partition coefficient (Wildman–Crippen LogP) is 3.22. The van der Waals surface area contributed by atoms with Crippen LogP contribution >= 0.6 is 0 Å². The smallest absolute Gasteiger partial charge is 0.219 e. The van der Waals surface area contributed by atoms with E-state index in [0.717, 1.165) is 16.5 Å². The molecule has 3 aromatic rings. The van der Waals surface area contributed by atoms with Crippen LogP contribution in [0.5, 0.6) is 17.2 Å². The molecule has 0 saturated heterocycles. The molecule has 7 nitrogen and oxygen atoms in total. The van der Waals surface area contributed by atoms with Gasteiger partial charge in [-0.15, -0.1) is 0 Å². The zero-order valence-corrected chi connectivity index (χ0v) is 15.8. The van der Waals surface area contributed by atoms with Crippen LogP contribution in [0.2, 0.25) is 0 Å².